The van der Waals surface area contributed by atoms with Gasteiger partial charge < -0.3 is 4.74 Å². The van der Waals surface area contributed by atoms with Gasteiger partial charge in [-0.05, 0) is 38.5 Å². The number of hydrogen-bond donors (Lipinski definition) is 0. The average Bonchev–Trinajstić information content (AvgIpc) is 2.46. The standard InChI is InChI=1S/C15H28BrNO/c1-18-15-9-5-8-14(12-15)17(11-10-16)13-6-3-2-4-7-13/h13-15H,2-12H2,1H3. The van der Waals surface area contributed by atoms with Crippen LogP contribution in [0, 0.1) is 0 Å². The molecule has 0 aromatic rings. The summed E-state index contributed by atoms with van der Waals surface area (Å²) in [7, 11) is 1.88. The largest absolute Gasteiger partial charge is 0.381 e. The van der Waals surface area contributed by atoms with E-state index in [0.717, 1.165) is 17.4 Å². The molecule has 0 aliphatic heterocycles. The van der Waals surface area contributed by atoms with Crippen molar-refractivity contribution in [1.82, 2.24) is 4.90 Å². The van der Waals surface area contributed by atoms with E-state index in [-0.39, 0.29) is 0 Å². The summed E-state index contributed by atoms with van der Waals surface area (Å²) in [6.45, 7) is 1.21. The third-order valence-corrected chi connectivity index (χ3v) is 5.14. The topological polar surface area (TPSA) is 12.5 Å². The summed E-state index contributed by atoms with van der Waals surface area (Å²) >= 11 is 3.64. The van der Waals surface area contributed by atoms with Crippen LogP contribution >= 0.6 is 15.9 Å². The zero-order valence-corrected chi connectivity index (χ0v) is 13.3. The highest BCUT2D eigenvalue weighted by atomic mass is 79.9. The van der Waals surface area contributed by atoms with Crippen molar-refractivity contribution in [2.45, 2.75) is 76.0 Å². The fraction of sp³-hybridized carbons (Fsp3) is 1.00. The molecule has 0 aromatic carbocycles. The smallest absolute Gasteiger partial charge is 0.0586 e. The molecular weight excluding hydrogens is 290 g/mol. The van der Waals surface area contributed by atoms with Crippen LogP contribution in [0.15, 0.2) is 0 Å². The highest BCUT2D eigenvalue weighted by Gasteiger charge is 2.31. The summed E-state index contributed by atoms with van der Waals surface area (Å²) in [6, 6.07) is 1.61. The summed E-state index contributed by atoms with van der Waals surface area (Å²) in [4.78, 5) is 2.80. The number of ether oxygens (including phenoxy) is 1. The van der Waals surface area contributed by atoms with E-state index in [1.807, 2.05) is 7.11 Å². The van der Waals surface area contributed by atoms with Gasteiger partial charge in [-0.25, -0.2) is 0 Å². The third-order valence-electron chi connectivity index (χ3n) is 4.79. The second kappa shape index (κ2) is 7.86. The van der Waals surface area contributed by atoms with Crippen LogP contribution in [0.1, 0.15) is 57.8 Å². The van der Waals surface area contributed by atoms with E-state index in [2.05, 4.69) is 20.8 Å². The molecule has 2 aliphatic carbocycles. The first-order valence-electron chi connectivity index (χ1n) is 7.69. The van der Waals surface area contributed by atoms with Crippen molar-refractivity contribution < 1.29 is 4.74 Å². The lowest BCUT2D eigenvalue weighted by Crippen LogP contribution is -2.48. The predicted octanol–water partition coefficient (Wildman–Crippen LogP) is 3.97. The number of methoxy groups -OCH3 is 1. The Bertz CT molecular complexity index is 231. The SMILES string of the molecule is COC1CCCC(N(CCBr)C2CCCCC2)C1. The quantitative estimate of drug-likeness (QED) is 0.711. The van der Waals surface area contributed by atoms with Gasteiger partial charge >= 0.3 is 0 Å². The van der Waals surface area contributed by atoms with Gasteiger partial charge in [0.15, 0.2) is 0 Å². The molecule has 0 radical (unpaired) electrons. The fourth-order valence-corrected chi connectivity index (χ4v) is 4.22. The molecule has 2 saturated carbocycles. The van der Waals surface area contributed by atoms with Crippen LogP contribution in [0.2, 0.25) is 0 Å². The third kappa shape index (κ3) is 3.94. The Morgan fingerprint density at radius 1 is 1.00 bits per heavy atom. The van der Waals surface area contributed by atoms with Crippen LogP contribution in [0.5, 0.6) is 0 Å². The van der Waals surface area contributed by atoms with E-state index in [4.69, 9.17) is 4.74 Å². The Kier molecular flexibility index (Phi) is 6.46. The molecule has 0 aromatic heterocycles. The van der Waals surface area contributed by atoms with E-state index in [0.29, 0.717) is 6.10 Å². The minimum absolute atomic E-state index is 0.505. The van der Waals surface area contributed by atoms with Crippen LogP contribution in [-0.4, -0.2) is 42.1 Å². The van der Waals surface area contributed by atoms with E-state index in [9.17, 15) is 0 Å². The zero-order chi connectivity index (χ0) is 12.8. The molecule has 0 heterocycles. The molecule has 0 amide bonds. The Morgan fingerprint density at radius 3 is 2.39 bits per heavy atom. The van der Waals surface area contributed by atoms with Gasteiger partial charge in [-0.1, -0.05) is 35.2 Å². The summed E-state index contributed by atoms with van der Waals surface area (Å²) in [6.07, 6.45) is 12.9. The number of halogens is 1. The number of nitrogens with zero attached hydrogens (tertiary/aromatic N) is 1. The van der Waals surface area contributed by atoms with Crippen molar-refractivity contribution in [2.24, 2.45) is 0 Å². The lowest BCUT2D eigenvalue weighted by molar-refractivity contribution is 0.0104. The van der Waals surface area contributed by atoms with Crippen LogP contribution in [0.3, 0.4) is 0 Å². The first-order chi connectivity index (χ1) is 8.85. The molecule has 2 aliphatic rings. The minimum Gasteiger partial charge on any atom is -0.381 e. The van der Waals surface area contributed by atoms with E-state index < -0.39 is 0 Å². The molecule has 0 spiro atoms. The maximum absolute atomic E-state index is 5.60. The van der Waals surface area contributed by atoms with Gasteiger partial charge in [0.1, 0.15) is 0 Å². The summed E-state index contributed by atoms with van der Waals surface area (Å²) in [5.74, 6) is 0. The van der Waals surface area contributed by atoms with Crippen LogP contribution in [0.4, 0.5) is 0 Å². The molecule has 2 nitrogen and oxygen atoms in total. The Labute approximate surface area is 121 Å². The van der Waals surface area contributed by atoms with Gasteiger partial charge in [-0.3, -0.25) is 4.90 Å². The first-order valence-corrected chi connectivity index (χ1v) is 8.81. The predicted molar refractivity (Wildman–Crippen MR) is 80.4 cm³/mol. The molecule has 2 atom stereocenters. The summed E-state index contributed by atoms with van der Waals surface area (Å²) < 4.78 is 5.60. The lowest BCUT2D eigenvalue weighted by atomic mass is 9.87. The van der Waals surface area contributed by atoms with E-state index in [1.165, 1.54) is 64.3 Å². The summed E-state index contributed by atoms with van der Waals surface area (Å²) in [5, 5.41) is 1.11. The molecule has 2 unspecified atom stereocenters. The van der Waals surface area contributed by atoms with Gasteiger partial charge in [0.25, 0.3) is 0 Å². The number of alkyl halides is 1. The van der Waals surface area contributed by atoms with Crippen LogP contribution < -0.4 is 0 Å². The van der Waals surface area contributed by atoms with Crippen molar-refractivity contribution in [3.8, 4) is 0 Å². The molecule has 0 bridgehead atoms. The van der Waals surface area contributed by atoms with Crippen LogP contribution in [0.25, 0.3) is 0 Å². The molecule has 18 heavy (non-hydrogen) atoms. The lowest BCUT2D eigenvalue weighted by Gasteiger charge is -2.43. The number of hydrogen-bond acceptors (Lipinski definition) is 2. The van der Waals surface area contributed by atoms with Gasteiger partial charge in [-0.15, -0.1) is 0 Å². The van der Waals surface area contributed by atoms with Gasteiger partial charge in [-0.2, -0.15) is 0 Å². The van der Waals surface area contributed by atoms with Crippen LogP contribution in [-0.2, 0) is 4.74 Å². The normalized spacial score (nSPS) is 30.8. The molecule has 0 N–H and O–H groups in total. The molecule has 3 heteroatoms. The Balaban J connectivity index is 1.94. The summed E-state index contributed by atoms with van der Waals surface area (Å²) in [5.41, 5.74) is 0. The van der Waals surface area contributed by atoms with Gasteiger partial charge in [0, 0.05) is 31.1 Å². The second-order valence-corrected chi connectivity index (χ2v) is 6.69. The van der Waals surface area contributed by atoms with Crippen molar-refractivity contribution in [2.75, 3.05) is 19.0 Å². The molecular formula is C15H28BrNO. The molecule has 106 valence electrons. The average molecular weight is 318 g/mol. The van der Waals surface area contributed by atoms with Crippen molar-refractivity contribution in [3.63, 3.8) is 0 Å². The maximum Gasteiger partial charge on any atom is 0.0586 e. The van der Waals surface area contributed by atoms with Gasteiger partial charge in [0.05, 0.1) is 6.10 Å². The monoisotopic (exact) mass is 317 g/mol. The Morgan fingerprint density at radius 2 is 1.72 bits per heavy atom. The van der Waals surface area contributed by atoms with Crippen molar-refractivity contribution in [1.29, 1.82) is 0 Å². The first kappa shape index (κ1) is 14.8. The van der Waals surface area contributed by atoms with E-state index in [1.54, 1.807) is 0 Å². The van der Waals surface area contributed by atoms with Crippen molar-refractivity contribution in [3.05, 3.63) is 0 Å². The molecule has 2 fully saturated rings. The molecule has 2 rings (SSSR count). The maximum atomic E-state index is 5.60. The minimum atomic E-state index is 0.505. The highest BCUT2D eigenvalue weighted by molar-refractivity contribution is 9.09. The Hall–Kier alpha value is 0.400. The van der Waals surface area contributed by atoms with Crippen molar-refractivity contribution >= 4 is 15.9 Å². The fourth-order valence-electron chi connectivity index (χ4n) is 3.81. The highest BCUT2D eigenvalue weighted by Crippen LogP contribution is 2.31. The molecule has 0 saturated heterocycles. The zero-order valence-electron chi connectivity index (χ0n) is 11.7. The van der Waals surface area contributed by atoms with E-state index >= 15 is 0 Å². The van der Waals surface area contributed by atoms with Gasteiger partial charge in [0.2, 0.25) is 0 Å². The number of rotatable bonds is 5. The second-order valence-electron chi connectivity index (χ2n) is 5.90.